The summed E-state index contributed by atoms with van der Waals surface area (Å²) in [5.74, 6) is -0.231. The Labute approximate surface area is 169 Å². The van der Waals surface area contributed by atoms with Gasteiger partial charge in [0, 0.05) is 31.0 Å². The van der Waals surface area contributed by atoms with Crippen LogP contribution < -0.4 is 14.8 Å². The number of amides is 1. The largest absolute Gasteiger partial charge is 0.495 e. The number of hydrogen-bond acceptors (Lipinski definition) is 5. The molecule has 3 rings (SSSR count). The lowest BCUT2D eigenvalue weighted by Crippen LogP contribution is -2.26. The number of hydrogen-bond donors (Lipinski definition) is 2. The van der Waals surface area contributed by atoms with Crippen molar-refractivity contribution in [2.75, 3.05) is 7.11 Å². The lowest BCUT2D eigenvalue weighted by molar-refractivity contribution is 0.0950. The van der Waals surface area contributed by atoms with Crippen LogP contribution in [-0.2, 0) is 23.1 Å². The lowest BCUT2D eigenvalue weighted by atomic mass is 10.2. The molecule has 0 radical (unpaired) electrons. The molecule has 2 aromatic carbocycles. The van der Waals surface area contributed by atoms with E-state index >= 15 is 0 Å². The first kappa shape index (κ1) is 20.5. The van der Waals surface area contributed by atoms with Crippen LogP contribution in [0.2, 0.25) is 0 Å². The van der Waals surface area contributed by atoms with E-state index in [1.165, 1.54) is 25.3 Å². The second kappa shape index (κ2) is 9.31. The minimum absolute atomic E-state index is 0.0926. The Kier molecular flexibility index (Phi) is 6.58. The highest BCUT2D eigenvalue weighted by Crippen LogP contribution is 2.25. The quantitative estimate of drug-likeness (QED) is 0.594. The van der Waals surface area contributed by atoms with Gasteiger partial charge >= 0.3 is 0 Å². The number of carbonyl (C=O) groups excluding carboxylic acids is 1. The predicted molar refractivity (Wildman–Crippen MR) is 109 cm³/mol. The Bertz CT molecular complexity index is 1070. The van der Waals surface area contributed by atoms with Gasteiger partial charge in [0.15, 0.2) is 0 Å². The summed E-state index contributed by atoms with van der Waals surface area (Å²) in [6.07, 6.45) is 3.30. The van der Waals surface area contributed by atoms with E-state index in [2.05, 4.69) is 15.0 Å². The topological polar surface area (TPSA) is 97.4 Å². The Morgan fingerprint density at radius 3 is 2.45 bits per heavy atom. The molecule has 1 aromatic heterocycles. The number of ether oxygens (including phenoxy) is 1. The summed E-state index contributed by atoms with van der Waals surface area (Å²) >= 11 is 0. The number of benzene rings is 2. The van der Waals surface area contributed by atoms with Gasteiger partial charge in [-0.2, -0.15) is 0 Å². The molecule has 150 valence electrons. The summed E-state index contributed by atoms with van der Waals surface area (Å²) in [6.45, 7) is 0.413. The fraction of sp³-hybridized carbons (Fsp3) is 0.143. The number of aromatic nitrogens is 1. The number of sulfonamides is 1. The van der Waals surface area contributed by atoms with E-state index in [9.17, 15) is 13.2 Å². The molecule has 0 saturated carbocycles. The Hall–Kier alpha value is -3.23. The number of rotatable bonds is 8. The molecule has 1 amide bonds. The van der Waals surface area contributed by atoms with Gasteiger partial charge in [0.05, 0.1) is 7.11 Å². The molecule has 1 heterocycles. The summed E-state index contributed by atoms with van der Waals surface area (Å²) in [6, 6.07) is 17.1. The van der Waals surface area contributed by atoms with Crippen LogP contribution in [0.1, 0.15) is 21.5 Å². The van der Waals surface area contributed by atoms with Crippen molar-refractivity contribution in [3.8, 4) is 5.75 Å². The molecule has 8 heteroatoms. The van der Waals surface area contributed by atoms with E-state index in [1.807, 2.05) is 36.4 Å². The van der Waals surface area contributed by atoms with Gasteiger partial charge in [-0.15, -0.1) is 0 Å². The molecular formula is C21H21N3O4S. The van der Waals surface area contributed by atoms with Crippen molar-refractivity contribution in [2.45, 2.75) is 18.0 Å². The highest BCUT2D eigenvalue weighted by Gasteiger charge is 2.21. The maximum Gasteiger partial charge on any atom is 0.251 e. The Morgan fingerprint density at radius 2 is 1.76 bits per heavy atom. The molecule has 29 heavy (non-hydrogen) atoms. The summed E-state index contributed by atoms with van der Waals surface area (Å²) in [7, 11) is -2.51. The van der Waals surface area contributed by atoms with E-state index in [0.717, 1.165) is 11.1 Å². The SMILES string of the molecule is COc1ccc(C(=O)NCc2cccnc2)cc1S(=O)(=O)NCc1ccccc1. The molecule has 0 saturated heterocycles. The summed E-state index contributed by atoms with van der Waals surface area (Å²) in [4.78, 5) is 16.4. The van der Waals surface area contributed by atoms with Gasteiger partial charge < -0.3 is 10.1 Å². The van der Waals surface area contributed by atoms with Gasteiger partial charge in [-0.05, 0) is 35.4 Å². The first-order valence-electron chi connectivity index (χ1n) is 8.88. The zero-order chi connectivity index (χ0) is 20.7. The van der Waals surface area contributed by atoms with Crippen LogP contribution in [0, 0.1) is 0 Å². The average Bonchev–Trinajstić information content (AvgIpc) is 2.77. The number of nitrogens with zero attached hydrogens (tertiary/aromatic N) is 1. The van der Waals surface area contributed by atoms with E-state index in [1.54, 1.807) is 18.5 Å². The van der Waals surface area contributed by atoms with Crippen molar-refractivity contribution >= 4 is 15.9 Å². The molecule has 0 aliphatic carbocycles. The monoisotopic (exact) mass is 411 g/mol. The van der Waals surface area contributed by atoms with Crippen LogP contribution >= 0.6 is 0 Å². The second-order valence-electron chi connectivity index (χ2n) is 6.22. The molecule has 3 aromatic rings. The third kappa shape index (κ3) is 5.40. The molecule has 0 fully saturated rings. The number of carbonyl (C=O) groups is 1. The van der Waals surface area contributed by atoms with Crippen LogP contribution in [0.4, 0.5) is 0 Å². The number of pyridine rings is 1. The third-order valence-electron chi connectivity index (χ3n) is 4.20. The third-order valence-corrected chi connectivity index (χ3v) is 5.62. The van der Waals surface area contributed by atoms with Gasteiger partial charge in [0.2, 0.25) is 10.0 Å². The highest BCUT2D eigenvalue weighted by molar-refractivity contribution is 7.89. The van der Waals surface area contributed by atoms with Crippen LogP contribution in [0.3, 0.4) is 0 Å². The van der Waals surface area contributed by atoms with Crippen molar-refractivity contribution in [3.05, 3.63) is 89.7 Å². The Balaban J connectivity index is 1.77. The van der Waals surface area contributed by atoms with Crippen molar-refractivity contribution in [3.63, 3.8) is 0 Å². The summed E-state index contributed by atoms with van der Waals surface area (Å²) in [5, 5.41) is 2.75. The van der Waals surface area contributed by atoms with Crippen LogP contribution in [0.25, 0.3) is 0 Å². The fourth-order valence-corrected chi connectivity index (χ4v) is 3.88. The summed E-state index contributed by atoms with van der Waals surface area (Å²) in [5.41, 5.74) is 1.88. The van der Waals surface area contributed by atoms with Crippen LogP contribution in [-0.4, -0.2) is 26.4 Å². The van der Waals surface area contributed by atoms with Crippen molar-refractivity contribution < 1.29 is 17.9 Å². The second-order valence-corrected chi connectivity index (χ2v) is 7.96. The van der Waals surface area contributed by atoms with Gasteiger partial charge in [0.25, 0.3) is 5.91 Å². The van der Waals surface area contributed by atoms with Gasteiger partial charge in [-0.25, -0.2) is 13.1 Å². The fourth-order valence-electron chi connectivity index (χ4n) is 2.67. The minimum Gasteiger partial charge on any atom is -0.495 e. The molecule has 0 spiro atoms. The highest BCUT2D eigenvalue weighted by atomic mass is 32.2. The molecule has 0 atom stereocenters. The molecule has 0 aliphatic rings. The van der Waals surface area contributed by atoms with Crippen LogP contribution in [0.15, 0.2) is 78.0 Å². The molecular weight excluding hydrogens is 390 g/mol. The number of nitrogens with one attached hydrogen (secondary N) is 2. The standard InChI is InChI=1S/C21H21N3O4S/c1-28-19-10-9-18(21(25)23-14-17-8-5-11-22-13-17)12-20(19)29(26,27)24-15-16-6-3-2-4-7-16/h2-13,24H,14-15H2,1H3,(H,23,25). The first-order chi connectivity index (χ1) is 14.0. The molecule has 0 aliphatic heterocycles. The Morgan fingerprint density at radius 1 is 1.00 bits per heavy atom. The first-order valence-corrected chi connectivity index (χ1v) is 10.4. The van der Waals surface area contributed by atoms with Crippen molar-refractivity contribution in [1.82, 2.24) is 15.0 Å². The average molecular weight is 411 g/mol. The predicted octanol–water partition coefficient (Wildman–Crippen LogP) is 2.50. The van der Waals surface area contributed by atoms with E-state index in [4.69, 9.17) is 4.74 Å². The van der Waals surface area contributed by atoms with Crippen LogP contribution in [0.5, 0.6) is 5.75 Å². The van der Waals surface area contributed by atoms with Gasteiger partial charge in [-0.3, -0.25) is 9.78 Å². The molecule has 7 nitrogen and oxygen atoms in total. The van der Waals surface area contributed by atoms with Gasteiger partial charge in [0.1, 0.15) is 10.6 Å². The van der Waals surface area contributed by atoms with E-state index in [0.29, 0.717) is 0 Å². The van der Waals surface area contributed by atoms with Crippen molar-refractivity contribution in [2.24, 2.45) is 0 Å². The van der Waals surface area contributed by atoms with Gasteiger partial charge in [-0.1, -0.05) is 36.4 Å². The maximum absolute atomic E-state index is 12.8. The zero-order valence-electron chi connectivity index (χ0n) is 15.8. The smallest absolute Gasteiger partial charge is 0.251 e. The van der Waals surface area contributed by atoms with E-state index < -0.39 is 15.9 Å². The lowest BCUT2D eigenvalue weighted by Gasteiger charge is -2.13. The number of methoxy groups -OCH3 is 1. The van der Waals surface area contributed by atoms with E-state index in [-0.39, 0.29) is 29.3 Å². The minimum atomic E-state index is -3.89. The zero-order valence-corrected chi connectivity index (χ0v) is 16.6. The molecule has 0 bridgehead atoms. The molecule has 0 unspecified atom stereocenters. The normalized spacial score (nSPS) is 11.1. The summed E-state index contributed by atoms with van der Waals surface area (Å²) < 4.78 is 33.3. The van der Waals surface area contributed by atoms with Crippen molar-refractivity contribution in [1.29, 1.82) is 0 Å². The maximum atomic E-state index is 12.8. The molecule has 2 N–H and O–H groups in total.